The summed E-state index contributed by atoms with van der Waals surface area (Å²) in [5, 5.41) is 13.7. The molecule has 0 aliphatic carbocycles. The molecular weight excluding hydrogens is 331 g/mol. The van der Waals surface area contributed by atoms with E-state index >= 15 is 0 Å². The van der Waals surface area contributed by atoms with Crippen molar-refractivity contribution in [3.63, 3.8) is 0 Å². The number of aromatic nitrogens is 1. The minimum Gasteiger partial charge on any atom is -0.478 e. The van der Waals surface area contributed by atoms with E-state index in [0.717, 1.165) is 10.9 Å². The number of nitrogens with zero attached hydrogens (tertiary/aromatic N) is 1. The topological polar surface area (TPSA) is 62.2 Å². The minimum atomic E-state index is -1.05. The van der Waals surface area contributed by atoms with Gasteiger partial charge in [0, 0.05) is 21.5 Å². The van der Waals surface area contributed by atoms with Crippen molar-refractivity contribution in [3.8, 4) is 0 Å². The van der Waals surface area contributed by atoms with E-state index in [2.05, 4.69) is 22.9 Å². The molecule has 0 amide bonds. The van der Waals surface area contributed by atoms with Crippen LogP contribution in [0, 0.1) is 0 Å². The van der Waals surface area contributed by atoms with E-state index in [-0.39, 0.29) is 5.56 Å². The van der Waals surface area contributed by atoms with E-state index in [1.807, 2.05) is 0 Å². The maximum Gasteiger partial charge on any atom is 0.337 e. The Hall–Kier alpha value is -2.18. The fraction of sp³-hybridized carbons (Fsp3) is 0. The average Bonchev–Trinajstić information content (AvgIpc) is 2.50. The van der Waals surface area contributed by atoms with E-state index in [9.17, 15) is 9.90 Å². The van der Waals surface area contributed by atoms with Gasteiger partial charge in [0.2, 0.25) is 0 Å². The number of fused-ring (bicyclic) bond motifs is 1. The molecule has 7 heteroatoms. The van der Waals surface area contributed by atoms with Crippen molar-refractivity contribution in [2.45, 2.75) is 4.90 Å². The third-order valence-electron chi connectivity index (χ3n) is 3.34. The molecule has 112 valence electrons. The first-order valence-corrected chi connectivity index (χ1v) is 7.45. The van der Waals surface area contributed by atoms with E-state index in [1.54, 1.807) is 30.5 Å². The van der Waals surface area contributed by atoms with Gasteiger partial charge < -0.3 is 10.4 Å². The van der Waals surface area contributed by atoms with Gasteiger partial charge in [0.15, 0.2) is 0 Å². The van der Waals surface area contributed by atoms with E-state index in [1.165, 1.54) is 12.1 Å². The highest BCUT2D eigenvalue weighted by Gasteiger charge is 2.13. The standard InChI is InChI=1S/C16H10BClN2O2S/c17-8-1-3-10(16(21)22)13(5-8)20-15-11-6-9(18)2-4-12(11)19-7-14(15)23/h1-7,23H,(H,19,20)(H,21,22). The predicted octanol–water partition coefficient (Wildman–Crippen LogP) is 3.41. The maximum absolute atomic E-state index is 11.4. The molecule has 1 heterocycles. The van der Waals surface area contributed by atoms with Gasteiger partial charge in [-0.2, -0.15) is 0 Å². The number of carboxylic acids is 1. The fourth-order valence-electron chi connectivity index (χ4n) is 2.27. The molecule has 4 nitrogen and oxygen atoms in total. The molecule has 0 aliphatic heterocycles. The summed E-state index contributed by atoms with van der Waals surface area (Å²) in [6, 6.07) is 9.83. The van der Waals surface area contributed by atoms with Crippen LogP contribution in [-0.2, 0) is 0 Å². The van der Waals surface area contributed by atoms with E-state index in [0.29, 0.717) is 26.8 Å². The summed E-state index contributed by atoms with van der Waals surface area (Å²) in [7, 11) is 5.77. The van der Waals surface area contributed by atoms with Crippen LogP contribution in [0.4, 0.5) is 11.4 Å². The van der Waals surface area contributed by atoms with Gasteiger partial charge in [-0.05, 0) is 30.3 Å². The highest BCUT2D eigenvalue weighted by molar-refractivity contribution is 7.80. The molecule has 3 rings (SSSR count). The quantitative estimate of drug-likeness (QED) is 0.505. The van der Waals surface area contributed by atoms with Gasteiger partial charge in [-0.3, -0.25) is 4.98 Å². The first-order valence-electron chi connectivity index (χ1n) is 6.63. The Bertz CT molecular complexity index is 928. The number of aromatic carboxylic acids is 1. The second-order valence-corrected chi connectivity index (χ2v) is 5.83. The molecule has 0 atom stereocenters. The van der Waals surface area contributed by atoms with Crippen LogP contribution in [0.5, 0.6) is 0 Å². The summed E-state index contributed by atoms with van der Waals surface area (Å²) in [6.07, 6.45) is 1.59. The number of nitrogens with one attached hydrogen (secondary N) is 1. The van der Waals surface area contributed by atoms with Crippen LogP contribution in [-0.4, -0.2) is 23.9 Å². The molecule has 0 saturated carbocycles. The molecule has 1 aromatic heterocycles. The Kier molecular flexibility index (Phi) is 4.19. The summed E-state index contributed by atoms with van der Waals surface area (Å²) < 4.78 is 0. The summed E-state index contributed by atoms with van der Waals surface area (Å²) in [4.78, 5) is 16.2. The molecular formula is C16H10BClN2O2S. The van der Waals surface area contributed by atoms with Crippen molar-refractivity contribution in [2.24, 2.45) is 0 Å². The maximum atomic E-state index is 11.4. The first kappa shape index (κ1) is 15.7. The molecule has 3 aromatic rings. The van der Waals surface area contributed by atoms with Crippen LogP contribution in [0.3, 0.4) is 0 Å². The van der Waals surface area contributed by atoms with Crippen LogP contribution < -0.4 is 10.8 Å². The van der Waals surface area contributed by atoms with Crippen molar-refractivity contribution in [1.82, 2.24) is 4.98 Å². The Balaban J connectivity index is 2.19. The lowest BCUT2D eigenvalue weighted by Crippen LogP contribution is -2.09. The lowest BCUT2D eigenvalue weighted by molar-refractivity contribution is 0.0698. The largest absolute Gasteiger partial charge is 0.478 e. The minimum absolute atomic E-state index is 0.110. The number of carbonyl (C=O) groups is 1. The van der Waals surface area contributed by atoms with Crippen molar-refractivity contribution < 1.29 is 9.90 Å². The summed E-state index contributed by atoms with van der Waals surface area (Å²) in [5.74, 6) is -1.05. The lowest BCUT2D eigenvalue weighted by Gasteiger charge is -2.15. The summed E-state index contributed by atoms with van der Waals surface area (Å²) >= 11 is 10.5. The zero-order chi connectivity index (χ0) is 16.6. The van der Waals surface area contributed by atoms with Crippen molar-refractivity contribution in [2.75, 3.05) is 5.32 Å². The number of thiol groups is 1. The van der Waals surface area contributed by atoms with Gasteiger partial charge >= 0.3 is 5.97 Å². The fourth-order valence-corrected chi connectivity index (χ4v) is 2.68. The monoisotopic (exact) mass is 340 g/mol. The number of rotatable bonds is 3. The molecule has 2 N–H and O–H groups in total. The molecule has 0 fully saturated rings. The van der Waals surface area contributed by atoms with Crippen LogP contribution in [0.1, 0.15) is 10.4 Å². The normalized spacial score (nSPS) is 10.7. The van der Waals surface area contributed by atoms with Crippen LogP contribution in [0.2, 0.25) is 5.02 Å². The van der Waals surface area contributed by atoms with Gasteiger partial charge in [0.1, 0.15) is 7.85 Å². The van der Waals surface area contributed by atoms with Crippen molar-refractivity contribution in [3.05, 3.63) is 53.2 Å². The Labute approximate surface area is 144 Å². The Morgan fingerprint density at radius 3 is 2.78 bits per heavy atom. The average molecular weight is 341 g/mol. The zero-order valence-electron chi connectivity index (χ0n) is 11.7. The number of anilines is 2. The molecule has 2 radical (unpaired) electrons. The second-order valence-electron chi connectivity index (χ2n) is 4.92. The molecule has 0 spiro atoms. The number of carboxylic acid groups (broad SMARTS) is 1. The number of pyridine rings is 1. The SMILES string of the molecule is [B]c1ccc(C(=O)O)c(Nc2c(S)cnc3ccc(Cl)cc23)c1. The number of benzene rings is 2. The number of hydrogen-bond acceptors (Lipinski definition) is 4. The number of halogens is 1. The number of hydrogen-bond donors (Lipinski definition) is 3. The van der Waals surface area contributed by atoms with E-state index < -0.39 is 5.97 Å². The van der Waals surface area contributed by atoms with Gasteiger partial charge in [0.25, 0.3) is 0 Å². The predicted molar refractivity (Wildman–Crippen MR) is 96.1 cm³/mol. The molecule has 2 aromatic carbocycles. The van der Waals surface area contributed by atoms with E-state index in [4.69, 9.17) is 19.4 Å². The molecule has 0 saturated heterocycles. The summed E-state index contributed by atoms with van der Waals surface area (Å²) in [6.45, 7) is 0. The van der Waals surface area contributed by atoms with Crippen molar-refractivity contribution >= 4 is 65.8 Å². The lowest BCUT2D eigenvalue weighted by atomic mass is 9.94. The van der Waals surface area contributed by atoms with Crippen molar-refractivity contribution in [1.29, 1.82) is 0 Å². The summed E-state index contributed by atoms with van der Waals surface area (Å²) in [5.41, 5.74) is 2.28. The third kappa shape index (κ3) is 3.13. The second kappa shape index (κ2) is 6.14. The highest BCUT2D eigenvalue weighted by Crippen LogP contribution is 2.33. The van der Waals surface area contributed by atoms with Gasteiger partial charge in [-0.15, -0.1) is 12.6 Å². The smallest absolute Gasteiger partial charge is 0.337 e. The first-order chi connectivity index (χ1) is 11.0. The van der Waals surface area contributed by atoms with Crippen LogP contribution >= 0.6 is 24.2 Å². The third-order valence-corrected chi connectivity index (χ3v) is 3.92. The van der Waals surface area contributed by atoms with Gasteiger partial charge in [-0.25, -0.2) is 4.79 Å². The van der Waals surface area contributed by atoms with Crippen LogP contribution in [0.15, 0.2) is 47.5 Å². The van der Waals surface area contributed by atoms with Gasteiger partial charge in [-0.1, -0.05) is 23.1 Å². The molecule has 0 unspecified atom stereocenters. The Morgan fingerprint density at radius 1 is 1.26 bits per heavy atom. The molecule has 23 heavy (non-hydrogen) atoms. The molecule has 0 bridgehead atoms. The Morgan fingerprint density at radius 2 is 2.04 bits per heavy atom. The van der Waals surface area contributed by atoms with Gasteiger partial charge in [0.05, 0.1) is 22.5 Å². The zero-order valence-corrected chi connectivity index (χ0v) is 13.4. The highest BCUT2D eigenvalue weighted by atomic mass is 35.5. The molecule has 0 aliphatic rings. The van der Waals surface area contributed by atoms with Crippen LogP contribution in [0.25, 0.3) is 10.9 Å².